The van der Waals surface area contributed by atoms with E-state index in [0.29, 0.717) is 6.42 Å². The molecular formula is C41H80NO8P. The Kier molecular flexibility index (Phi) is 37.5. The summed E-state index contributed by atoms with van der Waals surface area (Å²) in [5.41, 5.74) is 0. The number of phosphoric acid groups is 1. The summed E-state index contributed by atoms with van der Waals surface area (Å²) < 4.78 is 26.8. The molecule has 0 aliphatic rings. The SMILES string of the molecule is CCCCCCCC/C=C\CCCCCCCCCC(=O)NCCOP(=O)(O)OCC(O)COC(=O)CCCCCCCCCCCCCCC. The highest BCUT2D eigenvalue weighted by Gasteiger charge is 2.23. The number of carbonyl (C=O) groups is 2. The molecule has 0 aromatic carbocycles. The maximum atomic E-state index is 12.1. The van der Waals surface area contributed by atoms with Crippen molar-refractivity contribution < 1.29 is 37.9 Å². The Hall–Kier alpha value is -1.25. The molecular weight excluding hydrogens is 665 g/mol. The Morgan fingerprint density at radius 3 is 1.47 bits per heavy atom. The van der Waals surface area contributed by atoms with E-state index in [4.69, 9.17) is 13.8 Å². The first kappa shape index (κ1) is 49.8. The lowest BCUT2D eigenvalue weighted by Gasteiger charge is -2.15. The molecule has 0 spiro atoms. The van der Waals surface area contributed by atoms with Crippen molar-refractivity contribution in [2.75, 3.05) is 26.4 Å². The number of carbonyl (C=O) groups excluding carboxylic acids is 2. The number of esters is 1. The number of allylic oxidation sites excluding steroid dienone is 2. The van der Waals surface area contributed by atoms with Crippen molar-refractivity contribution in [3.8, 4) is 0 Å². The zero-order valence-corrected chi connectivity index (χ0v) is 34.0. The van der Waals surface area contributed by atoms with Crippen LogP contribution in [0.2, 0.25) is 0 Å². The molecule has 1 amide bonds. The number of nitrogens with one attached hydrogen (secondary N) is 1. The molecule has 0 bridgehead atoms. The summed E-state index contributed by atoms with van der Waals surface area (Å²) in [5.74, 6) is -0.514. The largest absolute Gasteiger partial charge is 0.472 e. The number of aliphatic hydroxyl groups excluding tert-OH is 1. The molecule has 9 nitrogen and oxygen atoms in total. The van der Waals surface area contributed by atoms with Crippen molar-refractivity contribution in [3.05, 3.63) is 12.2 Å². The molecule has 0 aromatic heterocycles. The number of unbranched alkanes of at least 4 members (excludes halogenated alkanes) is 25. The Bertz CT molecular complexity index is 856. The molecule has 0 aromatic rings. The van der Waals surface area contributed by atoms with E-state index >= 15 is 0 Å². The predicted molar refractivity (Wildman–Crippen MR) is 211 cm³/mol. The number of amides is 1. The van der Waals surface area contributed by atoms with E-state index in [1.165, 1.54) is 141 Å². The van der Waals surface area contributed by atoms with E-state index in [1.807, 2.05) is 0 Å². The molecule has 0 saturated carbocycles. The predicted octanol–water partition coefficient (Wildman–Crippen LogP) is 11.4. The second-order valence-corrected chi connectivity index (χ2v) is 15.8. The van der Waals surface area contributed by atoms with Gasteiger partial charge in [-0.1, -0.05) is 167 Å². The van der Waals surface area contributed by atoms with E-state index in [2.05, 4.69) is 31.3 Å². The van der Waals surface area contributed by atoms with Crippen LogP contribution in [0.3, 0.4) is 0 Å². The van der Waals surface area contributed by atoms with Gasteiger partial charge in [0.25, 0.3) is 0 Å². The van der Waals surface area contributed by atoms with Crippen LogP contribution >= 0.6 is 7.82 Å². The molecule has 0 aliphatic heterocycles. The number of hydrogen-bond acceptors (Lipinski definition) is 7. The summed E-state index contributed by atoms with van der Waals surface area (Å²) >= 11 is 0. The van der Waals surface area contributed by atoms with Crippen LogP contribution in [-0.2, 0) is 27.9 Å². The molecule has 10 heteroatoms. The summed E-state index contributed by atoms with van der Waals surface area (Å²) in [7, 11) is -4.41. The topological polar surface area (TPSA) is 131 Å². The van der Waals surface area contributed by atoms with Crippen LogP contribution in [0, 0.1) is 0 Å². The van der Waals surface area contributed by atoms with E-state index in [0.717, 1.165) is 38.5 Å². The minimum Gasteiger partial charge on any atom is -0.463 e. The fraction of sp³-hybridized carbons (Fsp3) is 0.902. The maximum Gasteiger partial charge on any atom is 0.472 e. The van der Waals surface area contributed by atoms with Gasteiger partial charge in [0.1, 0.15) is 12.7 Å². The minimum absolute atomic E-state index is 0.0828. The van der Waals surface area contributed by atoms with Crippen LogP contribution in [0.5, 0.6) is 0 Å². The number of rotatable bonds is 40. The van der Waals surface area contributed by atoms with Gasteiger partial charge in [-0.05, 0) is 38.5 Å². The zero-order valence-electron chi connectivity index (χ0n) is 33.1. The molecule has 3 N–H and O–H groups in total. The smallest absolute Gasteiger partial charge is 0.463 e. The lowest BCUT2D eigenvalue weighted by molar-refractivity contribution is -0.147. The number of aliphatic hydroxyl groups is 1. The Morgan fingerprint density at radius 2 is 1.00 bits per heavy atom. The maximum absolute atomic E-state index is 12.1. The van der Waals surface area contributed by atoms with Crippen LogP contribution in [-0.4, -0.2) is 54.3 Å². The molecule has 0 heterocycles. The highest BCUT2D eigenvalue weighted by molar-refractivity contribution is 7.47. The van der Waals surface area contributed by atoms with Gasteiger partial charge in [0, 0.05) is 19.4 Å². The molecule has 0 radical (unpaired) electrons. The van der Waals surface area contributed by atoms with E-state index in [9.17, 15) is 24.2 Å². The normalized spacial score (nSPS) is 13.4. The van der Waals surface area contributed by atoms with Crippen LogP contribution in [0.4, 0.5) is 0 Å². The van der Waals surface area contributed by atoms with Gasteiger partial charge in [-0.3, -0.25) is 18.6 Å². The van der Waals surface area contributed by atoms with Crippen LogP contribution in [0.25, 0.3) is 0 Å². The van der Waals surface area contributed by atoms with Crippen molar-refractivity contribution in [2.24, 2.45) is 0 Å². The Balaban J connectivity index is 3.58. The molecule has 2 atom stereocenters. The quantitative estimate of drug-likeness (QED) is 0.0244. The third-order valence-electron chi connectivity index (χ3n) is 9.20. The molecule has 51 heavy (non-hydrogen) atoms. The van der Waals surface area contributed by atoms with Gasteiger partial charge >= 0.3 is 13.8 Å². The van der Waals surface area contributed by atoms with Crippen molar-refractivity contribution in [1.82, 2.24) is 5.32 Å². The second-order valence-electron chi connectivity index (χ2n) is 14.3. The third-order valence-corrected chi connectivity index (χ3v) is 10.2. The van der Waals surface area contributed by atoms with Gasteiger partial charge < -0.3 is 20.1 Å². The average Bonchev–Trinajstić information content (AvgIpc) is 3.11. The summed E-state index contributed by atoms with van der Waals surface area (Å²) in [6.45, 7) is 3.56. The van der Waals surface area contributed by atoms with E-state index in [1.54, 1.807) is 0 Å². The summed E-state index contributed by atoms with van der Waals surface area (Å²) in [4.78, 5) is 33.8. The van der Waals surface area contributed by atoms with Gasteiger partial charge in [-0.2, -0.15) is 0 Å². The van der Waals surface area contributed by atoms with Crippen molar-refractivity contribution >= 4 is 19.7 Å². The minimum atomic E-state index is -4.41. The Morgan fingerprint density at radius 1 is 0.588 bits per heavy atom. The first-order chi connectivity index (χ1) is 24.8. The summed E-state index contributed by atoms with van der Waals surface area (Å²) in [6, 6.07) is 0. The molecule has 302 valence electrons. The Labute approximate surface area is 313 Å². The molecule has 0 rings (SSSR count). The van der Waals surface area contributed by atoms with Gasteiger partial charge in [-0.15, -0.1) is 0 Å². The monoisotopic (exact) mass is 746 g/mol. The highest BCUT2D eigenvalue weighted by Crippen LogP contribution is 2.42. The fourth-order valence-electron chi connectivity index (χ4n) is 5.96. The number of hydrogen-bond donors (Lipinski definition) is 3. The first-order valence-electron chi connectivity index (χ1n) is 21.2. The van der Waals surface area contributed by atoms with Gasteiger partial charge in [0.15, 0.2) is 0 Å². The van der Waals surface area contributed by atoms with E-state index < -0.39 is 26.5 Å². The fourth-order valence-corrected chi connectivity index (χ4v) is 6.72. The third kappa shape index (κ3) is 39.8. The van der Waals surface area contributed by atoms with E-state index in [-0.39, 0.29) is 32.1 Å². The second kappa shape index (κ2) is 38.5. The number of phosphoric ester groups is 1. The number of ether oxygens (including phenoxy) is 1. The van der Waals surface area contributed by atoms with Crippen LogP contribution in [0.15, 0.2) is 12.2 Å². The van der Waals surface area contributed by atoms with Gasteiger partial charge in [0.05, 0.1) is 13.2 Å². The molecule has 2 unspecified atom stereocenters. The summed E-state index contributed by atoms with van der Waals surface area (Å²) in [5, 5.41) is 12.7. The first-order valence-corrected chi connectivity index (χ1v) is 22.7. The zero-order chi connectivity index (χ0) is 37.5. The highest BCUT2D eigenvalue weighted by atomic mass is 31.2. The molecule has 0 saturated heterocycles. The molecule has 0 aliphatic carbocycles. The molecule has 0 fully saturated rings. The van der Waals surface area contributed by atoms with Gasteiger partial charge in [0.2, 0.25) is 5.91 Å². The average molecular weight is 746 g/mol. The van der Waals surface area contributed by atoms with Crippen LogP contribution in [0.1, 0.15) is 206 Å². The van der Waals surface area contributed by atoms with Crippen molar-refractivity contribution in [3.63, 3.8) is 0 Å². The van der Waals surface area contributed by atoms with Gasteiger partial charge in [-0.25, -0.2) is 4.57 Å². The van der Waals surface area contributed by atoms with Crippen LogP contribution < -0.4 is 5.32 Å². The summed E-state index contributed by atoms with van der Waals surface area (Å²) in [6.07, 6.45) is 38.5. The standard InChI is InChI=1S/C41H80NO8P/c1-3-5-7-9-11-13-15-17-18-19-20-22-23-25-27-29-31-33-40(44)42-35-36-49-51(46,47)50-38-39(43)37-48-41(45)34-32-30-28-26-24-21-16-14-12-10-8-6-4-2/h17-18,39,43H,3-16,19-38H2,1-2H3,(H,42,44)(H,46,47)/b18-17-. The lowest BCUT2D eigenvalue weighted by Crippen LogP contribution is -2.27. The lowest BCUT2D eigenvalue weighted by atomic mass is 10.0. The van der Waals surface area contributed by atoms with Crippen molar-refractivity contribution in [1.29, 1.82) is 0 Å². The van der Waals surface area contributed by atoms with Crippen molar-refractivity contribution in [2.45, 2.75) is 213 Å².